The lowest BCUT2D eigenvalue weighted by atomic mass is 10.2. The van der Waals surface area contributed by atoms with E-state index in [2.05, 4.69) is 3.77 Å². The zero-order chi connectivity index (χ0) is 14.8. The van der Waals surface area contributed by atoms with Crippen molar-refractivity contribution in [2.24, 2.45) is 3.77 Å². The third-order valence-electron chi connectivity index (χ3n) is 2.67. The van der Waals surface area contributed by atoms with Crippen LogP contribution in [0.3, 0.4) is 0 Å². The van der Waals surface area contributed by atoms with Crippen molar-refractivity contribution >= 4 is 32.3 Å². The molecule has 2 aromatic carbocycles. The Kier molecular flexibility index (Phi) is 4.62. The van der Waals surface area contributed by atoms with Crippen LogP contribution in [0.1, 0.15) is 5.56 Å². The minimum Gasteiger partial charge on any atom is -0.199 e. The van der Waals surface area contributed by atoms with E-state index in [0.29, 0.717) is 5.02 Å². The predicted molar refractivity (Wildman–Crippen MR) is 83.8 cm³/mol. The minimum absolute atomic E-state index is 0.212. The summed E-state index contributed by atoms with van der Waals surface area (Å²) >= 11 is 5.91. The molecule has 0 unspecified atom stereocenters. The number of halogens is 1. The van der Waals surface area contributed by atoms with Crippen LogP contribution in [-0.4, -0.2) is 14.7 Å². The zero-order valence-corrected chi connectivity index (χ0v) is 13.5. The smallest absolute Gasteiger partial charge is 0.199 e. The van der Waals surface area contributed by atoms with E-state index in [1.807, 2.05) is 13.0 Å². The van der Waals surface area contributed by atoms with Crippen molar-refractivity contribution in [2.45, 2.75) is 16.7 Å². The maximum Gasteiger partial charge on any atom is 0.288 e. The number of hydrogen-bond acceptors (Lipinski definition) is 2. The standard InChI is InChI=1S/C14H14ClNO2S2/c1-11-6-8-14(9-7-11)20(17,18)16-19(2)13-5-3-4-12(15)10-13/h3-10H,1-2H3/t19-/m0/s1. The van der Waals surface area contributed by atoms with Gasteiger partial charge in [-0.1, -0.05) is 46.1 Å². The van der Waals surface area contributed by atoms with Crippen molar-refractivity contribution < 1.29 is 8.42 Å². The Balaban J connectivity index is 2.40. The fourth-order valence-electron chi connectivity index (χ4n) is 1.59. The summed E-state index contributed by atoms with van der Waals surface area (Å²) < 4.78 is 28.4. The van der Waals surface area contributed by atoms with Crippen molar-refractivity contribution in [1.82, 2.24) is 0 Å². The quantitative estimate of drug-likeness (QED) is 0.860. The van der Waals surface area contributed by atoms with E-state index in [-0.39, 0.29) is 4.90 Å². The van der Waals surface area contributed by atoms with Gasteiger partial charge in [0.25, 0.3) is 10.0 Å². The summed E-state index contributed by atoms with van der Waals surface area (Å²) in [6, 6.07) is 13.8. The van der Waals surface area contributed by atoms with Crippen molar-refractivity contribution in [1.29, 1.82) is 0 Å². The number of benzene rings is 2. The Morgan fingerprint density at radius 2 is 1.75 bits per heavy atom. The molecule has 1 atom stereocenters. The lowest BCUT2D eigenvalue weighted by molar-refractivity contribution is 0.598. The van der Waals surface area contributed by atoms with Gasteiger partial charge in [0, 0.05) is 9.92 Å². The molecule has 3 nitrogen and oxygen atoms in total. The Labute approximate surface area is 126 Å². The molecule has 20 heavy (non-hydrogen) atoms. The van der Waals surface area contributed by atoms with Crippen LogP contribution in [0.2, 0.25) is 5.02 Å². The van der Waals surface area contributed by atoms with E-state index >= 15 is 0 Å². The fraction of sp³-hybridized carbons (Fsp3) is 0.143. The molecule has 0 aromatic heterocycles. The number of rotatable bonds is 3. The highest BCUT2D eigenvalue weighted by Crippen LogP contribution is 2.18. The average Bonchev–Trinajstić information content (AvgIpc) is 2.38. The van der Waals surface area contributed by atoms with Crippen LogP contribution < -0.4 is 0 Å². The summed E-state index contributed by atoms with van der Waals surface area (Å²) in [5.74, 6) is 0. The van der Waals surface area contributed by atoms with Crippen LogP contribution in [0.15, 0.2) is 62.1 Å². The fourth-order valence-corrected chi connectivity index (χ4v) is 4.77. The highest BCUT2D eigenvalue weighted by atomic mass is 35.5. The van der Waals surface area contributed by atoms with Gasteiger partial charge in [0.15, 0.2) is 0 Å². The molecule has 0 radical (unpaired) electrons. The minimum atomic E-state index is -3.64. The molecule has 0 spiro atoms. The van der Waals surface area contributed by atoms with E-state index < -0.39 is 20.7 Å². The van der Waals surface area contributed by atoms with Gasteiger partial charge in [-0.3, -0.25) is 0 Å². The molecule has 2 aromatic rings. The summed E-state index contributed by atoms with van der Waals surface area (Å²) in [7, 11) is -4.41. The molecule has 0 saturated heterocycles. The van der Waals surface area contributed by atoms with Crippen LogP contribution >= 0.6 is 11.6 Å². The molecule has 0 bridgehead atoms. The molecule has 0 aliphatic heterocycles. The van der Waals surface area contributed by atoms with E-state index in [1.54, 1.807) is 48.7 Å². The zero-order valence-electron chi connectivity index (χ0n) is 11.1. The van der Waals surface area contributed by atoms with E-state index in [9.17, 15) is 8.42 Å². The number of nitrogens with zero attached hydrogens (tertiary/aromatic N) is 1. The largest absolute Gasteiger partial charge is 0.288 e. The summed E-state index contributed by atoms with van der Waals surface area (Å²) in [6.07, 6.45) is 1.76. The molecule has 0 saturated carbocycles. The van der Waals surface area contributed by atoms with Crippen LogP contribution in [-0.2, 0) is 20.7 Å². The normalized spacial score (nSPS) is 13.3. The molecule has 2 rings (SSSR count). The maximum atomic E-state index is 12.2. The van der Waals surface area contributed by atoms with Gasteiger partial charge < -0.3 is 0 Å². The van der Waals surface area contributed by atoms with Gasteiger partial charge in [0.2, 0.25) is 0 Å². The average molecular weight is 328 g/mol. The highest BCUT2D eigenvalue weighted by molar-refractivity contribution is 7.99. The molecular formula is C14H14ClNO2S2. The van der Waals surface area contributed by atoms with Gasteiger partial charge in [0.05, 0.1) is 4.90 Å². The second kappa shape index (κ2) is 6.08. The van der Waals surface area contributed by atoms with Crippen LogP contribution in [0.4, 0.5) is 0 Å². The number of aryl methyl sites for hydroxylation is 1. The molecule has 0 aliphatic rings. The highest BCUT2D eigenvalue weighted by Gasteiger charge is 2.13. The van der Waals surface area contributed by atoms with Gasteiger partial charge in [-0.15, -0.1) is 3.77 Å². The molecule has 0 N–H and O–H groups in total. The lowest BCUT2D eigenvalue weighted by Crippen LogP contribution is -2.00. The Hall–Kier alpha value is -1.17. The molecule has 0 amide bonds. The first-order valence-corrected chi connectivity index (χ1v) is 9.25. The van der Waals surface area contributed by atoms with E-state index in [4.69, 9.17) is 11.6 Å². The first-order valence-electron chi connectivity index (χ1n) is 5.85. The molecular weight excluding hydrogens is 314 g/mol. The molecule has 106 valence electrons. The summed E-state index contributed by atoms with van der Waals surface area (Å²) in [6.45, 7) is 1.91. The number of hydrogen-bond donors (Lipinski definition) is 0. The Morgan fingerprint density at radius 3 is 2.35 bits per heavy atom. The van der Waals surface area contributed by atoms with Gasteiger partial charge in [0.1, 0.15) is 0 Å². The lowest BCUT2D eigenvalue weighted by Gasteiger charge is -2.04. The van der Waals surface area contributed by atoms with Gasteiger partial charge in [-0.05, 0) is 43.5 Å². The third-order valence-corrected chi connectivity index (χ3v) is 6.38. The van der Waals surface area contributed by atoms with Crippen molar-refractivity contribution in [3.8, 4) is 0 Å². The van der Waals surface area contributed by atoms with Crippen molar-refractivity contribution in [3.05, 3.63) is 59.1 Å². The Bertz CT molecular complexity index is 753. The second-order valence-corrected chi connectivity index (χ2v) is 8.18. The predicted octanol–water partition coefficient (Wildman–Crippen LogP) is 3.83. The second-order valence-electron chi connectivity index (χ2n) is 4.30. The van der Waals surface area contributed by atoms with Crippen molar-refractivity contribution in [3.63, 3.8) is 0 Å². The van der Waals surface area contributed by atoms with E-state index in [1.165, 1.54) is 0 Å². The van der Waals surface area contributed by atoms with Gasteiger partial charge >= 0.3 is 0 Å². The molecule has 0 fully saturated rings. The molecule has 6 heteroatoms. The maximum absolute atomic E-state index is 12.2. The molecule has 0 aliphatic carbocycles. The van der Waals surface area contributed by atoms with Gasteiger partial charge in [-0.2, -0.15) is 8.42 Å². The first-order chi connectivity index (χ1) is 9.38. The summed E-state index contributed by atoms with van der Waals surface area (Å²) in [5.41, 5.74) is 1.01. The monoisotopic (exact) mass is 327 g/mol. The Morgan fingerprint density at radius 1 is 1.10 bits per heavy atom. The SMILES string of the molecule is Cc1ccc(S(=O)(=O)N=[S@@](C)c2cccc(Cl)c2)cc1. The summed E-state index contributed by atoms with van der Waals surface area (Å²) in [4.78, 5) is 1.01. The van der Waals surface area contributed by atoms with Crippen molar-refractivity contribution in [2.75, 3.05) is 6.26 Å². The number of sulfonamides is 1. The van der Waals surface area contributed by atoms with Crippen LogP contribution in [0, 0.1) is 6.92 Å². The topological polar surface area (TPSA) is 46.5 Å². The van der Waals surface area contributed by atoms with Gasteiger partial charge in [-0.25, -0.2) is 0 Å². The molecule has 0 heterocycles. The van der Waals surface area contributed by atoms with Crippen LogP contribution in [0.5, 0.6) is 0 Å². The first kappa shape index (κ1) is 15.2. The third kappa shape index (κ3) is 3.69. The summed E-state index contributed by atoms with van der Waals surface area (Å²) in [5, 5.41) is 0.574. The van der Waals surface area contributed by atoms with Crippen LogP contribution in [0.25, 0.3) is 0 Å². The van der Waals surface area contributed by atoms with E-state index in [0.717, 1.165) is 10.5 Å².